The van der Waals surface area contributed by atoms with Gasteiger partial charge in [0.1, 0.15) is 5.92 Å². The topological polar surface area (TPSA) is 118 Å². The zero-order chi connectivity index (χ0) is 30.2. The number of alkyl halides is 2. The number of nitrogens with zero attached hydrogens (tertiary/aromatic N) is 4. The summed E-state index contributed by atoms with van der Waals surface area (Å²) in [6, 6.07) is 8.35. The van der Waals surface area contributed by atoms with Crippen LogP contribution in [0.2, 0.25) is 20.1 Å². The van der Waals surface area contributed by atoms with Gasteiger partial charge in [0.2, 0.25) is 0 Å². The molecule has 2 aromatic rings. The van der Waals surface area contributed by atoms with E-state index in [1.54, 1.807) is 6.92 Å². The molecule has 2 amide bonds. The monoisotopic (exact) mass is 680 g/mol. The summed E-state index contributed by atoms with van der Waals surface area (Å²) in [5.74, 6) is -5.75. The molecule has 0 saturated carbocycles. The molecule has 2 aromatic carbocycles. The van der Waals surface area contributed by atoms with E-state index in [-0.39, 0.29) is 44.7 Å². The number of hydrogen-bond acceptors (Lipinski definition) is 8. The van der Waals surface area contributed by atoms with E-state index in [1.807, 2.05) is 0 Å². The van der Waals surface area contributed by atoms with Crippen molar-refractivity contribution in [2.45, 2.75) is 24.1 Å². The van der Waals surface area contributed by atoms with Gasteiger partial charge in [-0.2, -0.15) is 20.2 Å². The van der Waals surface area contributed by atoms with E-state index in [2.05, 4.69) is 10.2 Å². The molecule has 0 fully saturated rings. The Morgan fingerprint density at radius 1 is 0.878 bits per heavy atom. The highest BCUT2D eigenvalue weighted by atomic mass is 35.5. The molecule has 16 heteroatoms. The van der Waals surface area contributed by atoms with Crippen LogP contribution in [0.15, 0.2) is 46.6 Å². The van der Waals surface area contributed by atoms with E-state index in [1.165, 1.54) is 43.3 Å². The average molecular weight is 683 g/mol. The minimum absolute atomic E-state index is 0.000814. The molecule has 3 atom stereocenters. The van der Waals surface area contributed by atoms with Gasteiger partial charge in [-0.25, -0.2) is 9.59 Å². The first-order chi connectivity index (χ1) is 19.4. The van der Waals surface area contributed by atoms with Gasteiger partial charge in [0.15, 0.2) is 16.3 Å². The number of amides is 2. The van der Waals surface area contributed by atoms with Crippen molar-refractivity contribution in [3.8, 4) is 0 Å². The zero-order valence-corrected chi connectivity index (χ0v) is 25.6. The van der Waals surface area contributed by atoms with E-state index < -0.39 is 51.3 Å². The number of carbonyl (C=O) groups is 4. The third-order valence-electron chi connectivity index (χ3n) is 5.93. The molecule has 10 nitrogen and oxygen atoms in total. The Kier molecular flexibility index (Phi) is 9.42. The van der Waals surface area contributed by atoms with Crippen molar-refractivity contribution < 1.29 is 28.7 Å². The largest absolute Gasteiger partial charge is 0.461 e. The summed E-state index contributed by atoms with van der Waals surface area (Å²) in [5.41, 5.74) is -1.05. The minimum atomic E-state index is -2.54. The van der Waals surface area contributed by atoms with Crippen LogP contribution in [-0.2, 0) is 28.7 Å². The van der Waals surface area contributed by atoms with Crippen LogP contribution in [0.3, 0.4) is 0 Å². The van der Waals surface area contributed by atoms with E-state index in [9.17, 15) is 19.2 Å². The summed E-state index contributed by atoms with van der Waals surface area (Å²) >= 11 is 38.3. The lowest BCUT2D eigenvalue weighted by molar-refractivity contribution is -0.136. The predicted octanol–water partition coefficient (Wildman–Crippen LogP) is 5.73. The Balaban J connectivity index is 1.83. The number of esters is 2. The average Bonchev–Trinajstić information content (AvgIpc) is 3.38. The number of carbonyl (C=O) groups excluding carboxylic acids is 4. The Bertz CT molecular complexity index is 1520. The normalized spacial score (nSPS) is 21.1. The Hall–Kier alpha value is -2.60. The quantitative estimate of drug-likeness (QED) is 0.259. The van der Waals surface area contributed by atoms with Gasteiger partial charge in [-0.05, 0) is 50.2 Å². The van der Waals surface area contributed by atoms with Crippen molar-refractivity contribution in [2.24, 2.45) is 16.1 Å². The molecule has 4 rings (SSSR count). The molecule has 0 aliphatic carbocycles. The fraction of sp³-hybridized carbons (Fsp3) is 0.280. The fourth-order valence-electron chi connectivity index (χ4n) is 4.09. The second kappa shape index (κ2) is 12.3. The number of benzene rings is 2. The second-order valence-electron chi connectivity index (χ2n) is 8.42. The number of rotatable bonds is 8. The SMILES string of the molecule is CCOC(=O)C1=NN(c2ccc(Cl)cc2Cl)C(=O)C1C(Cl)C1(Cl)C(=O)N(c2ccc(Cl)cc2Cl)N=C1C(=O)OCC. The summed E-state index contributed by atoms with van der Waals surface area (Å²) in [7, 11) is 0. The Morgan fingerprint density at radius 2 is 1.39 bits per heavy atom. The number of anilines is 2. The van der Waals surface area contributed by atoms with E-state index in [0.717, 1.165) is 10.0 Å². The van der Waals surface area contributed by atoms with Crippen LogP contribution in [0.25, 0.3) is 0 Å². The highest BCUT2D eigenvalue weighted by Crippen LogP contribution is 2.44. The maximum absolute atomic E-state index is 13.9. The van der Waals surface area contributed by atoms with Crippen LogP contribution in [0, 0.1) is 5.92 Å². The lowest BCUT2D eigenvalue weighted by atomic mass is 9.85. The lowest BCUT2D eigenvalue weighted by Crippen LogP contribution is -2.56. The molecule has 0 radical (unpaired) electrons. The van der Waals surface area contributed by atoms with Gasteiger partial charge in [0.25, 0.3) is 11.8 Å². The van der Waals surface area contributed by atoms with Gasteiger partial charge >= 0.3 is 11.9 Å². The molecule has 0 N–H and O–H groups in total. The molecular formula is C25H18Cl6N4O6. The third-order valence-corrected chi connectivity index (χ3v) is 8.27. The van der Waals surface area contributed by atoms with Crippen LogP contribution in [0.5, 0.6) is 0 Å². The zero-order valence-electron chi connectivity index (χ0n) is 21.0. The van der Waals surface area contributed by atoms with Gasteiger partial charge in [0.05, 0.1) is 40.0 Å². The molecule has 41 heavy (non-hydrogen) atoms. The number of hydrazone groups is 2. The molecule has 2 aliphatic heterocycles. The van der Waals surface area contributed by atoms with E-state index in [0.29, 0.717) is 0 Å². The second-order valence-corrected chi connectivity index (χ2v) is 11.2. The predicted molar refractivity (Wildman–Crippen MR) is 158 cm³/mol. The van der Waals surface area contributed by atoms with E-state index >= 15 is 0 Å². The fourth-order valence-corrected chi connectivity index (χ4v) is 5.81. The third kappa shape index (κ3) is 5.61. The number of halogens is 6. The van der Waals surface area contributed by atoms with Crippen LogP contribution >= 0.6 is 69.6 Å². The first-order valence-electron chi connectivity index (χ1n) is 11.8. The van der Waals surface area contributed by atoms with Gasteiger partial charge in [-0.15, -0.1) is 11.6 Å². The number of hydrogen-bond donors (Lipinski definition) is 0. The van der Waals surface area contributed by atoms with Crippen LogP contribution in [0.4, 0.5) is 11.4 Å². The summed E-state index contributed by atoms with van der Waals surface area (Å²) in [6.07, 6.45) is 0. The van der Waals surface area contributed by atoms with E-state index in [4.69, 9.17) is 79.1 Å². The highest BCUT2D eigenvalue weighted by molar-refractivity contribution is 6.66. The summed E-state index contributed by atoms with van der Waals surface area (Å²) in [5, 5.41) is 8.52. The number of ether oxygens (including phenoxy) is 2. The molecule has 3 unspecified atom stereocenters. The molecule has 0 saturated heterocycles. The molecular weight excluding hydrogens is 665 g/mol. The molecule has 0 aromatic heterocycles. The van der Waals surface area contributed by atoms with Gasteiger partial charge < -0.3 is 9.47 Å². The van der Waals surface area contributed by atoms with Crippen molar-refractivity contribution in [2.75, 3.05) is 23.2 Å². The maximum Gasteiger partial charge on any atom is 0.357 e. The summed E-state index contributed by atoms with van der Waals surface area (Å²) in [4.78, 5) is 51.2. The maximum atomic E-state index is 13.9. The molecule has 2 aliphatic rings. The first kappa shape index (κ1) is 31.3. The van der Waals surface area contributed by atoms with Crippen molar-refractivity contribution in [3.05, 3.63) is 56.5 Å². The minimum Gasteiger partial charge on any atom is -0.461 e. The van der Waals surface area contributed by atoms with Crippen LogP contribution in [-0.4, -0.2) is 58.6 Å². The van der Waals surface area contributed by atoms with Crippen molar-refractivity contribution in [3.63, 3.8) is 0 Å². The molecule has 2 heterocycles. The van der Waals surface area contributed by atoms with Gasteiger partial charge in [-0.1, -0.05) is 58.0 Å². The van der Waals surface area contributed by atoms with Gasteiger partial charge in [0, 0.05) is 10.0 Å². The van der Waals surface area contributed by atoms with Crippen LogP contribution in [0.1, 0.15) is 13.8 Å². The van der Waals surface area contributed by atoms with Crippen LogP contribution < -0.4 is 10.0 Å². The van der Waals surface area contributed by atoms with Crippen molar-refractivity contribution in [1.82, 2.24) is 0 Å². The summed E-state index contributed by atoms with van der Waals surface area (Å²) in [6.45, 7) is 2.89. The molecule has 216 valence electrons. The molecule has 0 spiro atoms. The smallest absolute Gasteiger partial charge is 0.357 e. The Labute approximate surface area is 263 Å². The summed E-state index contributed by atoms with van der Waals surface area (Å²) < 4.78 is 10.2. The lowest BCUT2D eigenvalue weighted by Gasteiger charge is -2.30. The van der Waals surface area contributed by atoms with Crippen molar-refractivity contribution in [1.29, 1.82) is 0 Å². The first-order valence-corrected chi connectivity index (χ1v) is 14.1. The van der Waals surface area contributed by atoms with Gasteiger partial charge in [-0.3, -0.25) is 9.59 Å². The standard InChI is InChI=1S/C25H18Cl6N4O6/c1-3-40-22(37)18-17(21(36)34(32-18)15-7-5-11(26)9-13(15)28)19(30)25(31)20(23(38)41-4-2)33-35(24(25)39)16-8-6-12(27)10-14(16)29/h5-10,17,19H,3-4H2,1-2H3. The Morgan fingerprint density at radius 3 is 1.90 bits per heavy atom. The molecule has 0 bridgehead atoms. The highest BCUT2D eigenvalue weighted by Gasteiger charge is 2.64. The van der Waals surface area contributed by atoms with Crippen molar-refractivity contribution >= 4 is 116 Å².